The Morgan fingerprint density at radius 3 is 2.62 bits per heavy atom. The van der Waals surface area contributed by atoms with Gasteiger partial charge in [-0.25, -0.2) is 9.37 Å². The molecule has 1 heterocycles. The Kier molecular flexibility index (Phi) is 7.26. The molecule has 0 fully saturated rings. The first-order chi connectivity index (χ1) is 15.2. The Bertz CT molecular complexity index is 1080. The Morgan fingerprint density at radius 2 is 1.88 bits per heavy atom. The number of nitrogens with one attached hydrogen (secondary N) is 2. The van der Waals surface area contributed by atoms with Crippen LogP contribution in [0.4, 0.5) is 29.1 Å². The molecule has 0 bridgehead atoms. The van der Waals surface area contributed by atoms with E-state index in [4.69, 9.17) is 4.74 Å². The molecular formula is C22H19F4N3O3. The van der Waals surface area contributed by atoms with Gasteiger partial charge in [0.25, 0.3) is 5.91 Å². The van der Waals surface area contributed by atoms with E-state index in [0.29, 0.717) is 5.69 Å². The average Bonchev–Trinajstić information content (AvgIpc) is 2.76. The van der Waals surface area contributed by atoms with Crippen LogP contribution in [-0.4, -0.2) is 35.3 Å². The molecule has 1 amide bonds. The quantitative estimate of drug-likeness (QED) is 0.450. The van der Waals surface area contributed by atoms with Crippen LogP contribution in [0.15, 0.2) is 66.9 Å². The van der Waals surface area contributed by atoms with Crippen molar-refractivity contribution >= 4 is 17.4 Å². The van der Waals surface area contributed by atoms with Gasteiger partial charge in [0.15, 0.2) is 0 Å². The molecule has 3 rings (SSSR count). The molecule has 0 radical (unpaired) electrons. The molecule has 3 aromatic rings. The van der Waals surface area contributed by atoms with Gasteiger partial charge in [-0.15, -0.1) is 0 Å². The molecule has 6 nitrogen and oxygen atoms in total. The summed E-state index contributed by atoms with van der Waals surface area (Å²) in [6.45, 7) is -0.547. The molecule has 1 aromatic heterocycles. The lowest BCUT2D eigenvalue weighted by Gasteiger charge is -2.15. The van der Waals surface area contributed by atoms with Crippen LogP contribution in [0.2, 0.25) is 0 Å². The van der Waals surface area contributed by atoms with E-state index in [0.717, 1.165) is 12.1 Å². The van der Waals surface area contributed by atoms with Crippen molar-refractivity contribution in [1.82, 2.24) is 10.3 Å². The van der Waals surface area contributed by atoms with Crippen molar-refractivity contribution in [2.24, 2.45) is 0 Å². The fraction of sp³-hybridized carbons (Fsp3) is 0.182. The van der Waals surface area contributed by atoms with Crippen LogP contribution in [0.25, 0.3) is 0 Å². The number of anilines is 2. The third kappa shape index (κ3) is 6.42. The third-order valence-corrected chi connectivity index (χ3v) is 4.24. The lowest BCUT2D eigenvalue weighted by atomic mass is 10.2. The summed E-state index contributed by atoms with van der Waals surface area (Å²) in [5.74, 6) is -0.889. The second-order valence-corrected chi connectivity index (χ2v) is 6.74. The van der Waals surface area contributed by atoms with E-state index in [1.165, 1.54) is 42.6 Å². The summed E-state index contributed by atoms with van der Waals surface area (Å²) in [7, 11) is 0. The monoisotopic (exact) mass is 449 g/mol. The first-order valence-corrected chi connectivity index (χ1v) is 9.46. The predicted molar refractivity (Wildman–Crippen MR) is 109 cm³/mol. The molecule has 0 aliphatic heterocycles. The zero-order valence-corrected chi connectivity index (χ0v) is 16.6. The van der Waals surface area contributed by atoms with Gasteiger partial charge < -0.3 is 20.5 Å². The van der Waals surface area contributed by atoms with E-state index in [9.17, 15) is 27.5 Å². The molecular weight excluding hydrogens is 430 g/mol. The van der Waals surface area contributed by atoms with Gasteiger partial charge in [-0.05, 0) is 48.5 Å². The molecule has 1 atom stereocenters. The fourth-order valence-corrected chi connectivity index (χ4v) is 2.71. The Labute approximate surface area is 180 Å². The van der Waals surface area contributed by atoms with Crippen LogP contribution in [0.1, 0.15) is 15.9 Å². The Balaban J connectivity index is 1.56. The van der Waals surface area contributed by atoms with Gasteiger partial charge in [-0.2, -0.15) is 13.2 Å². The Morgan fingerprint density at radius 1 is 1.09 bits per heavy atom. The highest BCUT2D eigenvalue weighted by Gasteiger charge is 2.30. The maximum absolute atomic E-state index is 13.4. The number of aliphatic hydroxyl groups excluding tert-OH is 1. The first kappa shape index (κ1) is 23.0. The van der Waals surface area contributed by atoms with Gasteiger partial charge in [-0.3, -0.25) is 4.79 Å². The van der Waals surface area contributed by atoms with E-state index in [1.807, 2.05) is 0 Å². The molecule has 168 valence electrons. The summed E-state index contributed by atoms with van der Waals surface area (Å²) in [6, 6.07) is 12.9. The van der Waals surface area contributed by atoms with Gasteiger partial charge in [0.2, 0.25) is 0 Å². The van der Waals surface area contributed by atoms with Crippen LogP contribution >= 0.6 is 0 Å². The van der Waals surface area contributed by atoms with Crippen LogP contribution in [0, 0.1) is 5.82 Å². The second-order valence-electron chi connectivity index (χ2n) is 6.74. The maximum atomic E-state index is 13.4. The SMILES string of the molecule is O=C(NCC(O)COc1cccc(C(F)(F)F)c1)c1cccnc1Nc1cccc(F)c1. The van der Waals surface area contributed by atoms with E-state index >= 15 is 0 Å². The normalized spacial score (nSPS) is 12.2. The summed E-state index contributed by atoms with van der Waals surface area (Å²) in [5, 5.41) is 15.4. The smallest absolute Gasteiger partial charge is 0.416 e. The molecule has 0 saturated carbocycles. The van der Waals surface area contributed by atoms with Gasteiger partial charge in [0.1, 0.15) is 30.1 Å². The highest BCUT2D eigenvalue weighted by atomic mass is 19.4. The fourth-order valence-electron chi connectivity index (χ4n) is 2.71. The van der Waals surface area contributed by atoms with E-state index in [-0.39, 0.29) is 30.3 Å². The number of benzene rings is 2. The number of amides is 1. The molecule has 3 N–H and O–H groups in total. The summed E-state index contributed by atoms with van der Waals surface area (Å²) in [6.07, 6.45) is -4.23. The van der Waals surface area contributed by atoms with Gasteiger partial charge in [0.05, 0.1) is 11.1 Å². The minimum absolute atomic E-state index is 0.0564. The number of ether oxygens (including phenoxy) is 1. The molecule has 32 heavy (non-hydrogen) atoms. The number of alkyl halides is 3. The van der Waals surface area contributed by atoms with E-state index < -0.39 is 29.6 Å². The van der Waals surface area contributed by atoms with Crippen molar-refractivity contribution in [3.05, 3.63) is 83.8 Å². The Hall–Kier alpha value is -3.66. The van der Waals surface area contributed by atoms with Gasteiger partial charge in [0, 0.05) is 18.4 Å². The number of pyridine rings is 1. The second kappa shape index (κ2) is 10.1. The highest BCUT2D eigenvalue weighted by molar-refractivity contribution is 5.99. The van der Waals surface area contributed by atoms with E-state index in [2.05, 4.69) is 15.6 Å². The maximum Gasteiger partial charge on any atom is 0.416 e. The zero-order valence-electron chi connectivity index (χ0n) is 16.6. The number of rotatable bonds is 8. The number of halogens is 4. The number of aromatic nitrogens is 1. The number of hydrogen-bond acceptors (Lipinski definition) is 5. The van der Waals surface area contributed by atoms with Gasteiger partial charge >= 0.3 is 6.18 Å². The standard InChI is InChI=1S/C22H19F4N3O3/c23-15-5-2-6-16(11-15)29-20-19(8-3-9-27-20)21(31)28-12-17(30)13-32-18-7-1-4-14(10-18)22(24,25)26/h1-11,17,30H,12-13H2,(H,27,29)(H,28,31). The van der Waals surface area contributed by atoms with Crippen molar-refractivity contribution in [2.75, 3.05) is 18.5 Å². The number of carbonyl (C=O) groups excluding carboxylic acids is 1. The average molecular weight is 449 g/mol. The van der Waals surface area contributed by atoms with Crippen molar-refractivity contribution in [2.45, 2.75) is 12.3 Å². The minimum Gasteiger partial charge on any atom is -0.491 e. The van der Waals surface area contributed by atoms with Crippen LogP contribution in [0.5, 0.6) is 5.75 Å². The summed E-state index contributed by atoms with van der Waals surface area (Å²) in [4.78, 5) is 16.6. The lowest BCUT2D eigenvalue weighted by molar-refractivity contribution is -0.137. The lowest BCUT2D eigenvalue weighted by Crippen LogP contribution is -2.35. The van der Waals surface area contributed by atoms with Crippen molar-refractivity contribution < 1.29 is 32.2 Å². The largest absolute Gasteiger partial charge is 0.491 e. The molecule has 0 aliphatic carbocycles. The van der Waals surface area contributed by atoms with Crippen LogP contribution in [0.3, 0.4) is 0 Å². The topological polar surface area (TPSA) is 83.5 Å². The molecule has 0 spiro atoms. The minimum atomic E-state index is -4.51. The highest BCUT2D eigenvalue weighted by Crippen LogP contribution is 2.31. The molecule has 0 aliphatic rings. The van der Waals surface area contributed by atoms with Crippen LogP contribution < -0.4 is 15.4 Å². The van der Waals surface area contributed by atoms with E-state index in [1.54, 1.807) is 12.1 Å². The molecule has 0 saturated heterocycles. The zero-order chi connectivity index (χ0) is 23.1. The number of aliphatic hydroxyl groups is 1. The summed E-state index contributed by atoms with van der Waals surface area (Å²) in [5.41, 5.74) is -0.317. The van der Waals surface area contributed by atoms with Crippen LogP contribution in [-0.2, 0) is 6.18 Å². The number of carbonyl (C=O) groups is 1. The number of nitrogens with zero attached hydrogens (tertiary/aromatic N) is 1. The molecule has 10 heteroatoms. The predicted octanol–water partition coefficient (Wildman–Crippen LogP) is 4.15. The van der Waals surface area contributed by atoms with Crippen molar-refractivity contribution in [3.8, 4) is 5.75 Å². The van der Waals surface area contributed by atoms with Crippen molar-refractivity contribution in [1.29, 1.82) is 0 Å². The molecule has 1 unspecified atom stereocenters. The third-order valence-electron chi connectivity index (χ3n) is 4.24. The van der Waals surface area contributed by atoms with Gasteiger partial charge in [-0.1, -0.05) is 12.1 Å². The number of hydrogen-bond donors (Lipinski definition) is 3. The summed E-state index contributed by atoms with van der Waals surface area (Å²) < 4.78 is 56.8. The van der Waals surface area contributed by atoms with Crippen molar-refractivity contribution in [3.63, 3.8) is 0 Å². The first-order valence-electron chi connectivity index (χ1n) is 9.46. The summed E-state index contributed by atoms with van der Waals surface area (Å²) >= 11 is 0. The molecule has 2 aromatic carbocycles.